The second-order valence-corrected chi connectivity index (χ2v) is 6.35. The van der Waals surface area contributed by atoms with Crippen LogP contribution in [0.15, 0.2) is 42.5 Å². The van der Waals surface area contributed by atoms with Gasteiger partial charge in [-0.3, -0.25) is 0 Å². The van der Waals surface area contributed by atoms with Gasteiger partial charge in [-0.15, -0.1) is 0 Å². The number of methoxy groups -OCH3 is 2. The third-order valence-electron chi connectivity index (χ3n) is 4.15. The van der Waals surface area contributed by atoms with E-state index in [1.54, 1.807) is 14.2 Å². The Kier molecular flexibility index (Phi) is 5.45. The number of ether oxygens (including phenoxy) is 2. The minimum absolute atomic E-state index is 0.534. The number of anilines is 4. The lowest BCUT2D eigenvalue weighted by molar-refractivity contribution is 0.405. The van der Waals surface area contributed by atoms with Crippen LogP contribution < -0.4 is 20.1 Å². The molecule has 0 fully saturated rings. The van der Waals surface area contributed by atoms with Crippen LogP contribution in [0.4, 0.5) is 23.1 Å². The van der Waals surface area contributed by atoms with Crippen LogP contribution in [0.3, 0.4) is 0 Å². The number of aryl methyl sites for hydroxylation is 3. The zero-order chi connectivity index (χ0) is 19.4. The summed E-state index contributed by atoms with van der Waals surface area (Å²) in [6.07, 6.45) is 0. The van der Waals surface area contributed by atoms with Crippen molar-refractivity contribution in [2.45, 2.75) is 20.8 Å². The number of aromatic nitrogens is 2. The molecule has 3 rings (SSSR count). The highest BCUT2D eigenvalue weighted by Crippen LogP contribution is 2.31. The summed E-state index contributed by atoms with van der Waals surface area (Å²) < 4.78 is 10.7. The van der Waals surface area contributed by atoms with E-state index in [2.05, 4.69) is 46.6 Å². The van der Waals surface area contributed by atoms with Gasteiger partial charge in [0.2, 0.25) is 5.95 Å². The highest BCUT2D eigenvalue weighted by atomic mass is 16.5. The van der Waals surface area contributed by atoms with Crippen molar-refractivity contribution < 1.29 is 9.47 Å². The molecule has 2 N–H and O–H groups in total. The Morgan fingerprint density at radius 1 is 0.778 bits per heavy atom. The molecule has 0 spiro atoms. The highest BCUT2D eigenvalue weighted by molar-refractivity contribution is 5.68. The van der Waals surface area contributed by atoms with E-state index in [0.717, 1.165) is 28.4 Å². The van der Waals surface area contributed by atoms with Crippen molar-refractivity contribution in [3.63, 3.8) is 0 Å². The highest BCUT2D eigenvalue weighted by Gasteiger charge is 2.09. The smallest absolute Gasteiger partial charge is 0.229 e. The summed E-state index contributed by atoms with van der Waals surface area (Å²) in [5, 5.41) is 6.59. The van der Waals surface area contributed by atoms with Crippen molar-refractivity contribution >= 4 is 23.1 Å². The van der Waals surface area contributed by atoms with Crippen LogP contribution >= 0.6 is 0 Å². The number of hydrogen-bond donors (Lipinski definition) is 2. The standard InChI is InChI=1S/C21H24N4O2/c1-13-6-8-17(14(2)10-13)24-21-22-15(3)11-20(25-21)23-18-12-16(26-4)7-9-19(18)27-5/h6-12H,1-5H3,(H2,22,23,24,25). The van der Waals surface area contributed by atoms with E-state index >= 15 is 0 Å². The van der Waals surface area contributed by atoms with Gasteiger partial charge >= 0.3 is 0 Å². The number of nitrogens with one attached hydrogen (secondary N) is 2. The van der Waals surface area contributed by atoms with Crippen LogP contribution in [-0.2, 0) is 0 Å². The number of benzene rings is 2. The molecule has 3 aromatic rings. The van der Waals surface area contributed by atoms with Gasteiger partial charge in [-0.2, -0.15) is 4.98 Å². The first-order valence-electron chi connectivity index (χ1n) is 8.67. The Morgan fingerprint density at radius 2 is 1.59 bits per heavy atom. The van der Waals surface area contributed by atoms with Gasteiger partial charge in [0.25, 0.3) is 0 Å². The summed E-state index contributed by atoms with van der Waals surface area (Å²) in [6.45, 7) is 6.07. The van der Waals surface area contributed by atoms with Gasteiger partial charge < -0.3 is 20.1 Å². The summed E-state index contributed by atoms with van der Waals surface area (Å²) in [5.41, 5.74) is 4.96. The molecule has 1 heterocycles. The molecule has 0 radical (unpaired) electrons. The summed E-state index contributed by atoms with van der Waals surface area (Å²) in [4.78, 5) is 9.08. The molecule has 0 saturated heterocycles. The summed E-state index contributed by atoms with van der Waals surface area (Å²) >= 11 is 0. The van der Waals surface area contributed by atoms with E-state index in [4.69, 9.17) is 9.47 Å². The Labute approximate surface area is 159 Å². The molecule has 0 unspecified atom stereocenters. The van der Waals surface area contributed by atoms with Crippen molar-refractivity contribution in [3.05, 3.63) is 59.3 Å². The van der Waals surface area contributed by atoms with Gasteiger partial charge in [-0.05, 0) is 44.5 Å². The molecular weight excluding hydrogens is 340 g/mol. The fourth-order valence-corrected chi connectivity index (χ4v) is 2.81. The van der Waals surface area contributed by atoms with Crippen LogP contribution in [0.25, 0.3) is 0 Å². The van der Waals surface area contributed by atoms with E-state index in [9.17, 15) is 0 Å². The number of nitrogens with zero attached hydrogens (tertiary/aromatic N) is 2. The van der Waals surface area contributed by atoms with Crippen molar-refractivity contribution in [2.24, 2.45) is 0 Å². The quantitative estimate of drug-likeness (QED) is 0.648. The van der Waals surface area contributed by atoms with Gasteiger partial charge in [-0.25, -0.2) is 4.98 Å². The third kappa shape index (κ3) is 4.47. The molecule has 2 aromatic carbocycles. The first-order valence-corrected chi connectivity index (χ1v) is 8.67. The van der Waals surface area contributed by atoms with Gasteiger partial charge in [0.15, 0.2) is 0 Å². The summed E-state index contributed by atoms with van der Waals surface area (Å²) in [7, 11) is 3.26. The van der Waals surface area contributed by atoms with Gasteiger partial charge in [0.1, 0.15) is 17.3 Å². The first-order chi connectivity index (χ1) is 13.0. The molecule has 0 aliphatic carbocycles. The second kappa shape index (κ2) is 7.95. The summed E-state index contributed by atoms with van der Waals surface area (Å²) in [5.74, 6) is 2.64. The molecule has 0 atom stereocenters. The molecule has 0 saturated carbocycles. The monoisotopic (exact) mass is 364 g/mol. The van der Waals surface area contributed by atoms with E-state index in [1.165, 1.54) is 5.56 Å². The number of hydrogen-bond acceptors (Lipinski definition) is 6. The molecule has 0 bridgehead atoms. The van der Waals surface area contributed by atoms with E-state index in [1.807, 2.05) is 37.3 Å². The topological polar surface area (TPSA) is 68.3 Å². The lowest BCUT2D eigenvalue weighted by Gasteiger charge is -2.14. The zero-order valence-corrected chi connectivity index (χ0v) is 16.3. The van der Waals surface area contributed by atoms with Crippen molar-refractivity contribution in [2.75, 3.05) is 24.9 Å². The largest absolute Gasteiger partial charge is 0.497 e. The Bertz CT molecular complexity index is 957. The van der Waals surface area contributed by atoms with Crippen LogP contribution in [-0.4, -0.2) is 24.2 Å². The van der Waals surface area contributed by atoms with Crippen LogP contribution in [0.1, 0.15) is 16.8 Å². The minimum Gasteiger partial charge on any atom is -0.497 e. The van der Waals surface area contributed by atoms with E-state index < -0.39 is 0 Å². The van der Waals surface area contributed by atoms with Gasteiger partial charge in [-0.1, -0.05) is 17.7 Å². The molecule has 6 nitrogen and oxygen atoms in total. The lowest BCUT2D eigenvalue weighted by Crippen LogP contribution is -2.04. The predicted molar refractivity (Wildman–Crippen MR) is 109 cm³/mol. The maximum Gasteiger partial charge on any atom is 0.229 e. The van der Waals surface area contributed by atoms with Crippen molar-refractivity contribution in [3.8, 4) is 11.5 Å². The molecule has 0 amide bonds. The normalized spacial score (nSPS) is 10.4. The predicted octanol–water partition coefficient (Wildman–Crippen LogP) is 4.91. The lowest BCUT2D eigenvalue weighted by atomic mass is 10.1. The maximum atomic E-state index is 5.42. The molecular formula is C21H24N4O2. The van der Waals surface area contributed by atoms with Gasteiger partial charge in [0.05, 0.1) is 19.9 Å². The summed E-state index contributed by atoms with van der Waals surface area (Å²) in [6, 6.07) is 13.7. The molecule has 140 valence electrons. The Hall–Kier alpha value is -3.28. The van der Waals surface area contributed by atoms with Crippen molar-refractivity contribution in [1.29, 1.82) is 0 Å². The zero-order valence-electron chi connectivity index (χ0n) is 16.3. The van der Waals surface area contributed by atoms with Gasteiger partial charge in [0, 0.05) is 23.5 Å². The molecule has 0 aliphatic rings. The first kappa shape index (κ1) is 18.5. The minimum atomic E-state index is 0.534. The molecule has 1 aromatic heterocycles. The average molecular weight is 364 g/mol. The Balaban J connectivity index is 1.90. The fraction of sp³-hybridized carbons (Fsp3) is 0.238. The van der Waals surface area contributed by atoms with E-state index in [0.29, 0.717) is 17.5 Å². The maximum absolute atomic E-state index is 5.42. The fourth-order valence-electron chi connectivity index (χ4n) is 2.81. The number of rotatable bonds is 6. The Morgan fingerprint density at radius 3 is 2.30 bits per heavy atom. The van der Waals surface area contributed by atoms with Crippen LogP contribution in [0.2, 0.25) is 0 Å². The molecule has 0 aliphatic heterocycles. The molecule has 6 heteroatoms. The third-order valence-corrected chi connectivity index (χ3v) is 4.15. The van der Waals surface area contributed by atoms with E-state index in [-0.39, 0.29) is 0 Å². The molecule has 27 heavy (non-hydrogen) atoms. The SMILES string of the molecule is COc1ccc(OC)c(Nc2cc(C)nc(Nc3ccc(C)cc3C)n2)c1. The second-order valence-electron chi connectivity index (χ2n) is 6.35. The average Bonchev–Trinajstić information content (AvgIpc) is 2.63. The van der Waals surface area contributed by atoms with Crippen LogP contribution in [0, 0.1) is 20.8 Å². The van der Waals surface area contributed by atoms with Crippen LogP contribution in [0.5, 0.6) is 11.5 Å². The van der Waals surface area contributed by atoms with Crippen molar-refractivity contribution in [1.82, 2.24) is 9.97 Å².